The van der Waals surface area contributed by atoms with Crippen molar-refractivity contribution in [2.45, 2.75) is 6.04 Å². The van der Waals surface area contributed by atoms with Crippen LogP contribution in [0.1, 0.15) is 31.1 Å². The summed E-state index contributed by atoms with van der Waals surface area (Å²) in [5.74, 6) is -1.89. The smallest absolute Gasteiger partial charge is 0.356 e. The molecule has 1 N–H and O–H groups in total. The SMILES string of the molecule is O=C(ON1C(=O)c2ccccc2C1=O)[C@@H]1CSCN1C(=O)c1c[nH]c2ccccc12. The summed E-state index contributed by atoms with van der Waals surface area (Å²) in [7, 11) is 0. The number of nitrogens with zero attached hydrogens (tertiary/aromatic N) is 2. The number of nitrogens with one attached hydrogen (secondary N) is 1. The molecule has 30 heavy (non-hydrogen) atoms. The Bertz CT molecular complexity index is 1190. The Morgan fingerprint density at radius 3 is 2.40 bits per heavy atom. The molecule has 0 bridgehead atoms. The zero-order chi connectivity index (χ0) is 20.8. The number of imide groups is 1. The van der Waals surface area contributed by atoms with E-state index in [9.17, 15) is 19.2 Å². The molecule has 3 amide bonds. The number of hydrogen-bond acceptors (Lipinski definition) is 6. The highest BCUT2D eigenvalue weighted by molar-refractivity contribution is 7.99. The van der Waals surface area contributed by atoms with Gasteiger partial charge in [0.1, 0.15) is 6.04 Å². The van der Waals surface area contributed by atoms with Crippen molar-refractivity contribution in [3.63, 3.8) is 0 Å². The maximum absolute atomic E-state index is 13.1. The Labute approximate surface area is 174 Å². The van der Waals surface area contributed by atoms with Gasteiger partial charge in [0.05, 0.1) is 22.6 Å². The monoisotopic (exact) mass is 421 g/mol. The van der Waals surface area contributed by atoms with Gasteiger partial charge >= 0.3 is 5.97 Å². The number of benzene rings is 2. The fourth-order valence-corrected chi connectivity index (χ4v) is 4.78. The molecule has 8 nitrogen and oxygen atoms in total. The van der Waals surface area contributed by atoms with Crippen molar-refractivity contribution in [2.75, 3.05) is 11.6 Å². The second kappa shape index (κ2) is 7.03. The largest absolute Gasteiger partial charge is 0.360 e. The van der Waals surface area contributed by atoms with Gasteiger partial charge in [0.25, 0.3) is 17.7 Å². The summed E-state index contributed by atoms with van der Waals surface area (Å²) in [6, 6.07) is 12.7. The fourth-order valence-electron chi connectivity index (χ4n) is 3.64. The minimum absolute atomic E-state index is 0.183. The van der Waals surface area contributed by atoms with E-state index in [0.717, 1.165) is 10.9 Å². The lowest BCUT2D eigenvalue weighted by atomic mass is 10.1. The quantitative estimate of drug-likeness (QED) is 0.652. The van der Waals surface area contributed by atoms with Crippen molar-refractivity contribution in [1.29, 1.82) is 0 Å². The average molecular weight is 421 g/mol. The lowest BCUT2D eigenvalue weighted by Gasteiger charge is -2.23. The van der Waals surface area contributed by atoms with Crippen LogP contribution in [0.2, 0.25) is 0 Å². The predicted molar refractivity (Wildman–Crippen MR) is 109 cm³/mol. The Kier molecular flexibility index (Phi) is 4.32. The van der Waals surface area contributed by atoms with Gasteiger partial charge in [0, 0.05) is 22.9 Å². The van der Waals surface area contributed by atoms with Crippen LogP contribution >= 0.6 is 11.8 Å². The molecule has 3 aromatic rings. The van der Waals surface area contributed by atoms with Crippen molar-refractivity contribution in [3.05, 3.63) is 71.4 Å². The van der Waals surface area contributed by atoms with E-state index in [-0.39, 0.29) is 17.0 Å². The van der Waals surface area contributed by atoms with E-state index < -0.39 is 23.8 Å². The molecule has 0 radical (unpaired) electrons. The zero-order valence-corrected chi connectivity index (χ0v) is 16.3. The molecular weight excluding hydrogens is 406 g/mol. The number of aromatic amines is 1. The maximum atomic E-state index is 13.1. The van der Waals surface area contributed by atoms with Gasteiger partial charge in [-0.25, -0.2) is 4.79 Å². The number of para-hydroxylation sites is 1. The molecule has 0 unspecified atom stereocenters. The van der Waals surface area contributed by atoms with Crippen molar-refractivity contribution >= 4 is 46.4 Å². The second-order valence-corrected chi connectivity index (χ2v) is 7.90. The number of rotatable bonds is 3. The summed E-state index contributed by atoms with van der Waals surface area (Å²) in [6.45, 7) is 0. The molecule has 1 atom stereocenters. The molecule has 9 heteroatoms. The highest BCUT2D eigenvalue weighted by Crippen LogP contribution is 2.29. The molecule has 2 aromatic carbocycles. The van der Waals surface area contributed by atoms with Crippen LogP contribution in [0.25, 0.3) is 10.9 Å². The normalized spacial score (nSPS) is 18.2. The van der Waals surface area contributed by atoms with Gasteiger partial charge < -0.3 is 14.7 Å². The number of H-pyrrole nitrogens is 1. The first-order valence-corrected chi connectivity index (χ1v) is 10.4. The topological polar surface area (TPSA) is 99.8 Å². The number of amides is 3. The molecule has 0 spiro atoms. The van der Waals surface area contributed by atoms with E-state index >= 15 is 0 Å². The van der Waals surface area contributed by atoms with E-state index in [0.29, 0.717) is 22.3 Å². The van der Waals surface area contributed by atoms with Gasteiger partial charge in [-0.05, 0) is 18.2 Å². The predicted octanol–water partition coefficient (Wildman–Crippen LogP) is 2.44. The molecule has 3 heterocycles. The highest BCUT2D eigenvalue weighted by atomic mass is 32.2. The summed E-state index contributed by atoms with van der Waals surface area (Å²) >= 11 is 1.40. The third-order valence-electron chi connectivity index (χ3n) is 5.17. The first kappa shape index (κ1) is 18.4. The number of carbonyl (C=O) groups excluding carboxylic acids is 4. The standard InChI is InChI=1S/C21H15N3O5S/c25-18(15-9-22-16-8-4-3-5-12(15)16)23-11-30-10-17(23)21(28)29-24-19(26)13-6-1-2-7-14(13)20(24)27/h1-9,17,22H,10-11H2/t17-/m0/s1. The van der Waals surface area contributed by atoms with Gasteiger partial charge in [0.2, 0.25) is 0 Å². The van der Waals surface area contributed by atoms with E-state index in [1.807, 2.05) is 24.3 Å². The van der Waals surface area contributed by atoms with E-state index in [1.165, 1.54) is 28.8 Å². The summed E-state index contributed by atoms with van der Waals surface area (Å²) in [5.41, 5.74) is 1.63. The summed E-state index contributed by atoms with van der Waals surface area (Å²) in [5, 5.41) is 1.23. The highest BCUT2D eigenvalue weighted by Gasteiger charge is 2.43. The maximum Gasteiger partial charge on any atom is 0.356 e. The molecule has 5 rings (SSSR count). The minimum atomic E-state index is -0.902. The Balaban J connectivity index is 1.37. The van der Waals surface area contributed by atoms with Gasteiger partial charge in [-0.1, -0.05) is 35.4 Å². The molecule has 1 aromatic heterocycles. The lowest BCUT2D eigenvalue weighted by molar-refractivity contribution is -0.172. The molecule has 1 saturated heterocycles. The summed E-state index contributed by atoms with van der Waals surface area (Å²) in [4.78, 5) is 60.4. The Morgan fingerprint density at radius 2 is 1.67 bits per heavy atom. The van der Waals surface area contributed by atoms with Crippen molar-refractivity contribution < 1.29 is 24.0 Å². The van der Waals surface area contributed by atoms with Crippen LogP contribution in [-0.2, 0) is 9.63 Å². The lowest BCUT2D eigenvalue weighted by Crippen LogP contribution is -2.46. The molecule has 0 saturated carbocycles. The Hall–Kier alpha value is -3.59. The number of carbonyl (C=O) groups is 4. The van der Waals surface area contributed by atoms with Crippen LogP contribution in [0, 0.1) is 0 Å². The van der Waals surface area contributed by atoms with Crippen LogP contribution in [-0.4, -0.2) is 56.3 Å². The van der Waals surface area contributed by atoms with Crippen molar-refractivity contribution in [1.82, 2.24) is 14.9 Å². The second-order valence-electron chi connectivity index (χ2n) is 6.90. The first-order chi connectivity index (χ1) is 14.6. The van der Waals surface area contributed by atoms with Gasteiger partial charge in [-0.2, -0.15) is 0 Å². The number of hydroxylamine groups is 2. The molecule has 0 aliphatic carbocycles. The minimum Gasteiger partial charge on any atom is -0.360 e. The van der Waals surface area contributed by atoms with Crippen molar-refractivity contribution in [2.24, 2.45) is 0 Å². The third kappa shape index (κ3) is 2.78. The van der Waals surface area contributed by atoms with Gasteiger partial charge in [-0.15, -0.1) is 11.8 Å². The zero-order valence-electron chi connectivity index (χ0n) is 15.5. The van der Waals surface area contributed by atoms with Crippen LogP contribution in [0.3, 0.4) is 0 Å². The van der Waals surface area contributed by atoms with Crippen LogP contribution in [0.4, 0.5) is 0 Å². The van der Waals surface area contributed by atoms with Crippen LogP contribution in [0.5, 0.6) is 0 Å². The summed E-state index contributed by atoms with van der Waals surface area (Å²) in [6.07, 6.45) is 1.61. The molecule has 150 valence electrons. The van der Waals surface area contributed by atoms with E-state index in [1.54, 1.807) is 18.3 Å². The number of fused-ring (bicyclic) bond motifs is 2. The number of thioether (sulfide) groups is 1. The van der Waals surface area contributed by atoms with E-state index in [2.05, 4.69) is 4.98 Å². The molecule has 1 fully saturated rings. The first-order valence-electron chi connectivity index (χ1n) is 9.20. The van der Waals surface area contributed by atoms with Crippen LogP contribution in [0.15, 0.2) is 54.7 Å². The molecule has 2 aliphatic rings. The number of aromatic nitrogens is 1. The van der Waals surface area contributed by atoms with Gasteiger partial charge in [-0.3, -0.25) is 14.4 Å². The fraction of sp³-hybridized carbons (Fsp3) is 0.143. The third-order valence-corrected chi connectivity index (χ3v) is 6.19. The van der Waals surface area contributed by atoms with Gasteiger partial charge in [0.15, 0.2) is 0 Å². The summed E-state index contributed by atoms with van der Waals surface area (Å²) < 4.78 is 0. The molecular formula is C21H15N3O5S. The number of hydrogen-bond donors (Lipinski definition) is 1. The van der Waals surface area contributed by atoms with E-state index in [4.69, 9.17) is 4.84 Å². The average Bonchev–Trinajstić information content (AvgIpc) is 3.47. The van der Waals surface area contributed by atoms with Crippen molar-refractivity contribution in [3.8, 4) is 0 Å². The molecule has 2 aliphatic heterocycles. The van der Waals surface area contributed by atoms with Crippen LogP contribution < -0.4 is 0 Å². The Morgan fingerprint density at radius 1 is 1.00 bits per heavy atom.